The minimum absolute atomic E-state index is 0.109. The summed E-state index contributed by atoms with van der Waals surface area (Å²) in [6.07, 6.45) is 1.40. The molecule has 0 fully saturated rings. The number of nitrogens with zero attached hydrogens (tertiary/aromatic N) is 2. The van der Waals surface area contributed by atoms with Gasteiger partial charge in [-0.25, -0.2) is 9.97 Å². The Bertz CT molecular complexity index is 356. The molecule has 0 atom stereocenters. The Morgan fingerprint density at radius 2 is 2.29 bits per heavy atom. The van der Waals surface area contributed by atoms with Gasteiger partial charge in [-0.1, -0.05) is 25.4 Å². The van der Waals surface area contributed by atoms with E-state index in [0.717, 1.165) is 0 Å². The van der Waals surface area contributed by atoms with Gasteiger partial charge in [0.1, 0.15) is 9.76 Å². The first-order valence-electron chi connectivity index (χ1n) is 3.99. The molecule has 0 aliphatic rings. The zero-order valence-electron chi connectivity index (χ0n) is 7.71. The molecule has 0 bridgehead atoms. The van der Waals surface area contributed by atoms with Crippen LogP contribution in [0.25, 0.3) is 0 Å². The van der Waals surface area contributed by atoms with E-state index in [4.69, 9.17) is 11.6 Å². The van der Waals surface area contributed by atoms with E-state index in [0.29, 0.717) is 10.4 Å². The Hall–Kier alpha value is -0.680. The van der Waals surface area contributed by atoms with E-state index in [1.54, 1.807) is 13.8 Å². The molecule has 14 heavy (non-hydrogen) atoms. The van der Waals surface area contributed by atoms with Crippen molar-refractivity contribution in [2.24, 2.45) is 5.92 Å². The molecule has 0 unspecified atom stereocenters. The molecular weight excluding hydrogens is 269 g/mol. The predicted octanol–water partition coefficient (Wildman–Crippen LogP) is 2.49. The summed E-state index contributed by atoms with van der Waals surface area (Å²) in [5, 5.41) is 2.85. The number of carbonyl (C=O) groups excluding carboxylic acids is 1. The number of amides is 1. The highest BCUT2D eigenvalue weighted by Crippen LogP contribution is 2.19. The summed E-state index contributed by atoms with van der Waals surface area (Å²) in [5.41, 5.74) is 0. The van der Waals surface area contributed by atoms with Crippen molar-refractivity contribution < 1.29 is 4.79 Å². The van der Waals surface area contributed by atoms with Gasteiger partial charge in [0, 0.05) is 5.92 Å². The number of hydrogen-bond acceptors (Lipinski definition) is 3. The largest absolute Gasteiger partial charge is 0.308 e. The van der Waals surface area contributed by atoms with E-state index in [2.05, 4.69) is 31.2 Å². The van der Waals surface area contributed by atoms with Gasteiger partial charge in [0.15, 0.2) is 5.82 Å². The van der Waals surface area contributed by atoms with E-state index in [1.807, 2.05) is 0 Å². The molecule has 76 valence electrons. The molecule has 0 aliphatic carbocycles. The molecule has 0 radical (unpaired) electrons. The topological polar surface area (TPSA) is 54.9 Å². The molecule has 1 heterocycles. The van der Waals surface area contributed by atoms with Gasteiger partial charge in [-0.2, -0.15) is 0 Å². The number of carbonyl (C=O) groups is 1. The number of nitrogens with one attached hydrogen (secondary N) is 1. The number of halogens is 2. The maximum atomic E-state index is 11.3. The average molecular weight is 279 g/mol. The lowest BCUT2D eigenvalue weighted by Crippen LogP contribution is -2.19. The Morgan fingerprint density at radius 3 is 2.86 bits per heavy atom. The van der Waals surface area contributed by atoms with Crippen LogP contribution in [-0.2, 0) is 4.79 Å². The van der Waals surface area contributed by atoms with E-state index < -0.39 is 0 Å². The van der Waals surface area contributed by atoms with Crippen LogP contribution >= 0.6 is 27.5 Å². The standard InChI is InChI=1S/C8H9BrClN3O/c1-4(2)8(14)13-7-6(9)11-3-5(10)12-7/h3-4H,1-2H3,(H,12,13,14). The Morgan fingerprint density at radius 1 is 1.64 bits per heavy atom. The smallest absolute Gasteiger partial charge is 0.228 e. The molecule has 0 spiro atoms. The Kier molecular flexibility index (Phi) is 3.83. The third-order valence-corrected chi connectivity index (χ3v) is 2.23. The highest BCUT2D eigenvalue weighted by molar-refractivity contribution is 9.10. The molecule has 1 rings (SSSR count). The predicted molar refractivity (Wildman–Crippen MR) is 58.2 cm³/mol. The molecule has 1 aromatic heterocycles. The summed E-state index contributed by atoms with van der Waals surface area (Å²) in [4.78, 5) is 19.2. The van der Waals surface area contributed by atoms with Crippen LogP contribution in [0.2, 0.25) is 5.15 Å². The molecule has 0 aliphatic heterocycles. The van der Waals surface area contributed by atoms with Gasteiger partial charge in [-0.05, 0) is 15.9 Å². The van der Waals surface area contributed by atoms with Crippen LogP contribution in [0.4, 0.5) is 5.82 Å². The first-order chi connectivity index (χ1) is 6.50. The summed E-state index contributed by atoms with van der Waals surface area (Å²) < 4.78 is 0.468. The van der Waals surface area contributed by atoms with Gasteiger partial charge in [-0.15, -0.1) is 0 Å². The van der Waals surface area contributed by atoms with Gasteiger partial charge in [0.05, 0.1) is 6.20 Å². The van der Waals surface area contributed by atoms with Crippen LogP contribution in [0.3, 0.4) is 0 Å². The zero-order valence-corrected chi connectivity index (χ0v) is 10.1. The van der Waals surface area contributed by atoms with E-state index in [-0.39, 0.29) is 17.0 Å². The monoisotopic (exact) mass is 277 g/mol. The third-order valence-electron chi connectivity index (χ3n) is 1.46. The number of hydrogen-bond donors (Lipinski definition) is 1. The molecule has 0 saturated heterocycles. The van der Waals surface area contributed by atoms with Crippen LogP contribution in [-0.4, -0.2) is 15.9 Å². The summed E-state index contributed by atoms with van der Waals surface area (Å²) in [5.74, 6) is 0.112. The van der Waals surface area contributed by atoms with Gasteiger partial charge in [0.2, 0.25) is 5.91 Å². The highest BCUT2D eigenvalue weighted by Gasteiger charge is 2.11. The van der Waals surface area contributed by atoms with Crippen molar-refractivity contribution in [3.05, 3.63) is 16.0 Å². The van der Waals surface area contributed by atoms with Crippen LogP contribution < -0.4 is 5.32 Å². The van der Waals surface area contributed by atoms with Crippen molar-refractivity contribution in [2.45, 2.75) is 13.8 Å². The van der Waals surface area contributed by atoms with Crippen LogP contribution in [0.5, 0.6) is 0 Å². The van der Waals surface area contributed by atoms with E-state index in [9.17, 15) is 4.79 Å². The van der Waals surface area contributed by atoms with Crippen molar-refractivity contribution in [3.8, 4) is 0 Å². The summed E-state index contributed by atoms with van der Waals surface area (Å²) >= 11 is 8.80. The summed E-state index contributed by atoms with van der Waals surface area (Å²) in [7, 11) is 0. The molecule has 6 heteroatoms. The fourth-order valence-corrected chi connectivity index (χ4v) is 1.12. The van der Waals surface area contributed by atoms with E-state index in [1.165, 1.54) is 6.20 Å². The lowest BCUT2D eigenvalue weighted by molar-refractivity contribution is -0.118. The maximum absolute atomic E-state index is 11.3. The third kappa shape index (κ3) is 2.92. The average Bonchev–Trinajstić information content (AvgIpc) is 2.11. The quantitative estimate of drug-likeness (QED) is 0.904. The molecule has 1 aromatic rings. The van der Waals surface area contributed by atoms with Crippen LogP contribution in [0, 0.1) is 5.92 Å². The molecule has 0 saturated carbocycles. The minimum Gasteiger partial charge on any atom is -0.308 e. The molecule has 1 N–H and O–H groups in total. The normalized spacial score (nSPS) is 10.4. The zero-order chi connectivity index (χ0) is 10.7. The van der Waals surface area contributed by atoms with Crippen molar-refractivity contribution in [1.82, 2.24) is 9.97 Å². The molecule has 4 nitrogen and oxygen atoms in total. The van der Waals surface area contributed by atoms with Crippen molar-refractivity contribution >= 4 is 39.3 Å². The van der Waals surface area contributed by atoms with Crippen molar-refractivity contribution in [3.63, 3.8) is 0 Å². The summed E-state index contributed by atoms with van der Waals surface area (Å²) in [6.45, 7) is 3.59. The molecule has 0 aromatic carbocycles. The first kappa shape index (κ1) is 11.4. The second-order valence-electron chi connectivity index (χ2n) is 2.98. The fourth-order valence-electron chi connectivity index (χ4n) is 0.693. The van der Waals surface area contributed by atoms with Gasteiger partial charge < -0.3 is 5.32 Å². The summed E-state index contributed by atoms with van der Waals surface area (Å²) in [6, 6.07) is 0. The second-order valence-corrected chi connectivity index (χ2v) is 4.11. The molecular formula is C8H9BrClN3O. The van der Waals surface area contributed by atoms with Gasteiger partial charge in [0.25, 0.3) is 0 Å². The van der Waals surface area contributed by atoms with Crippen molar-refractivity contribution in [1.29, 1.82) is 0 Å². The van der Waals surface area contributed by atoms with Gasteiger partial charge in [-0.3, -0.25) is 4.79 Å². The number of rotatable bonds is 2. The Labute approximate surface area is 95.2 Å². The maximum Gasteiger partial charge on any atom is 0.228 e. The lowest BCUT2D eigenvalue weighted by atomic mass is 10.2. The highest BCUT2D eigenvalue weighted by atomic mass is 79.9. The minimum atomic E-state index is -0.123. The Balaban J connectivity index is 2.86. The van der Waals surface area contributed by atoms with Gasteiger partial charge >= 0.3 is 0 Å². The van der Waals surface area contributed by atoms with Crippen LogP contribution in [0.1, 0.15) is 13.8 Å². The van der Waals surface area contributed by atoms with Crippen molar-refractivity contribution in [2.75, 3.05) is 5.32 Å². The SMILES string of the molecule is CC(C)C(=O)Nc1nc(Cl)cnc1Br. The number of anilines is 1. The number of aromatic nitrogens is 2. The molecule has 1 amide bonds. The van der Waals surface area contributed by atoms with Crippen LogP contribution in [0.15, 0.2) is 10.8 Å². The second kappa shape index (κ2) is 4.70. The van der Waals surface area contributed by atoms with E-state index >= 15 is 0 Å². The fraction of sp³-hybridized carbons (Fsp3) is 0.375. The first-order valence-corrected chi connectivity index (χ1v) is 5.16. The lowest BCUT2D eigenvalue weighted by Gasteiger charge is -2.07.